The fraction of sp³-hybridized carbons (Fsp3) is 0.222. The van der Waals surface area contributed by atoms with Gasteiger partial charge < -0.3 is 5.32 Å². The van der Waals surface area contributed by atoms with Gasteiger partial charge in [0.15, 0.2) is 0 Å². The van der Waals surface area contributed by atoms with Crippen LogP contribution in [0.2, 0.25) is 0 Å². The van der Waals surface area contributed by atoms with Crippen molar-refractivity contribution < 1.29 is 9.18 Å². The summed E-state index contributed by atoms with van der Waals surface area (Å²) in [6.45, 7) is 1.64. The molecule has 1 aromatic rings. The van der Waals surface area contributed by atoms with Crippen molar-refractivity contribution in [3.63, 3.8) is 0 Å². The van der Waals surface area contributed by atoms with E-state index in [4.69, 9.17) is 11.6 Å². The normalized spacial score (nSPS) is 12.2. The van der Waals surface area contributed by atoms with Crippen LogP contribution in [-0.4, -0.2) is 11.3 Å². The first kappa shape index (κ1) is 9.99. The SMILES string of the molecule is C[C@H](Nc1ccc(F)cc1)C(=O)Cl. The number of halogens is 2. The molecule has 0 aliphatic carbocycles. The maximum atomic E-state index is 12.5. The maximum absolute atomic E-state index is 12.5. The molecule has 70 valence electrons. The van der Waals surface area contributed by atoms with Gasteiger partial charge in [-0.2, -0.15) is 0 Å². The van der Waals surface area contributed by atoms with Crippen LogP contribution in [0.1, 0.15) is 6.92 Å². The van der Waals surface area contributed by atoms with Crippen LogP contribution in [0.4, 0.5) is 10.1 Å². The number of hydrogen-bond acceptors (Lipinski definition) is 2. The first-order valence-electron chi connectivity index (χ1n) is 3.81. The van der Waals surface area contributed by atoms with Crippen molar-refractivity contribution in [2.75, 3.05) is 5.32 Å². The molecule has 0 spiro atoms. The Balaban J connectivity index is 2.64. The van der Waals surface area contributed by atoms with Crippen molar-refractivity contribution >= 4 is 22.5 Å². The zero-order valence-corrected chi connectivity index (χ0v) is 7.81. The minimum absolute atomic E-state index is 0.310. The van der Waals surface area contributed by atoms with Gasteiger partial charge in [-0.1, -0.05) is 0 Å². The van der Waals surface area contributed by atoms with Crippen LogP contribution in [0.3, 0.4) is 0 Å². The highest BCUT2D eigenvalue weighted by atomic mass is 35.5. The first-order valence-corrected chi connectivity index (χ1v) is 4.19. The Morgan fingerprint density at radius 3 is 2.46 bits per heavy atom. The number of hydrogen-bond donors (Lipinski definition) is 1. The van der Waals surface area contributed by atoms with E-state index in [0.717, 1.165) is 0 Å². The van der Waals surface area contributed by atoms with Crippen molar-refractivity contribution in [2.45, 2.75) is 13.0 Å². The molecule has 0 heterocycles. The fourth-order valence-corrected chi connectivity index (χ4v) is 0.907. The van der Waals surface area contributed by atoms with Crippen LogP contribution in [0.15, 0.2) is 24.3 Å². The second kappa shape index (κ2) is 4.23. The minimum atomic E-state index is -0.468. The summed E-state index contributed by atoms with van der Waals surface area (Å²) in [7, 11) is 0. The van der Waals surface area contributed by atoms with Crippen LogP contribution in [0.5, 0.6) is 0 Å². The number of anilines is 1. The van der Waals surface area contributed by atoms with Crippen LogP contribution in [0, 0.1) is 5.82 Å². The summed E-state index contributed by atoms with van der Waals surface area (Å²) in [4.78, 5) is 10.6. The van der Waals surface area contributed by atoms with Gasteiger partial charge in [0, 0.05) is 5.69 Å². The lowest BCUT2D eigenvalue weighted by atomic mass is 10.3. The summed E-state index contributed by atoms with van der Waals surface area (Å²) >= 11 is 5.23. The zero-order valence-electron chi connectivity index (χ0n) is 7.05. The third kappa shape index (κ3) is 3.03. The standard InChI is InChI=1S/C9H9ClFNO/c1-6(9(10)13)12-8-4-2-7(11)3-5-8/h2-6,12H,1H3/t6-/m0/s1. The summed E-state index contributed by atoms with van der Waals surface area (Å²) in [6.07, 6.45) is 0. The van der Waals surface area contributed by atoms with E-state index < -0.39 is 11.3 Å². The molecule has 2 nitrogen and oxygen atoms in total. The van der Waals surface area contributed by atoms with Gasteiger partial charge in [-0.3, -0.25) is 4.79 Å². The molecule has 1 aromatic carbocycles. The number of carbonyl (C=O) groups is 1. The Kier molecular flexibility index (Phi) is 3.25. The van der Waals surface area contributed by atoms with E-state index in [2.05, 4.69) is 5.32 Å². The van der Waals surface area contributed by atoms with Crippen LogP contribution in [-0.2, 0) is 4.79 Å². The predicted molar refractivity (Wildman–Crippen MR) is 50.3 cm³/mol. The van der Waals surface area contributed by atoms with E-state index in [1.54, 1.807) is 19.1 Å². The highest BCUT2D eigenvalue weighted by molar-refractivity contribution is 6.65. The Hall–Kier alpha value is -1.09. The van der Waals surface area contributed by atoms with Gasteiger partial charge in [-0.05, 0) is 42.8 Å². The molecular formula is C9H9ClFNO. The lowest BCUT2D eigenvalue weighted by Crippen LogP contribution is -2.21. The van der Waals surface area contributed by atoms with E-state index in [9.17, 15) is 9.18 Å². The van der Waals surface area contributed by atoms with Gasteiger partial charge >= 0.3 is 0 Å². The van der Waals surface area contributed by atoms with E-state index >= 15 is 0 Å². The van der Waals surface area contributed by atoms with Gasteiger partial charge in [0.1, 0.15) is 5.82 Å². The Morgan fingerprint density at radius 2 is 2.00 bits per heavy atom. The monoisotopic (exact) mass is 201 g/mol. The molecule has 1 N–H and O–H groups in total. The van der Waals surface area contributed by atoms with Gasteiger partial charge in [0.05, 0.1) is 6.04 Å². The fourth-order valence-electron chi connectivity index (χ4n) is 0.853. The number of rotatable bonds is 3. The van der Waals surface area contributed by atoms with E-state index in [1.807, 2.05) is 0 Å². The molecule has 0 bridgehead atoms. The van der Waals surface area contributed by atoms with Crippen LogP contribution < -0.4 is 5.32 Å². The Morgan fingerprint density at radius 1 is 1.46 bits per heavy atom. The highest BCUT2D eigenvalue weighted by Gasteiger charge is 2.08. The summed E-state index contributed by atoms with van der Waals surface area (Å²) in [6, 6.07) is 5.26. The average molecular weight is 202 g/mol. The molecule has 1 rings (SSSR count). The lowest BCUT2D eigenvalue weighted by molar-refractivity contribution is -0.112. The third-order valence-corrected chi connectivity index (χ3v) is 1.90. The quantitative estimate of drug-likeness (QED) is 0.761. The molecule has 0 aliphatic heterocycles. The molecule has 0 fully saturated rings. The molecule has 0 radical (unpaired) electrons. The minimum Gasteiger partial charge on any atom is -0.374 e. The topological polar surface area (TPSA) is 29.1 Å². The third-order valence-electron chi connectivity index (χ3n) is 1.57. The van der Waals surface area contributed by atoms with Crippen molar-refractivity contribution in [3.05, 3.63) is 30.1 Å². The number of nitrogens with one attached hydrogen (secondary N) is 1. The van der Waals surface area contributed by atoms with Crippen molar-refractivity contribution in [3.8, 4) is 0 Å². The first-order chi connectivity index (χ1) is 6.09. The highest BCUT2D eigenvalue weighted by Crippen LogP contribution is 2.10. The Labute approximate surface area is 80.7 Å². The molecule has 0 unspecified atom stereocenters. The molecule has 0 aliphatic rings. The number of benzene rings is 1. The van der Waals surface area contributed by atoms with Gasteiger partial charge in [-0.15, -0.1) is 0 Å². The second-order valence-electron chi connectivity index (χ2n) is 2.68. The van der Waals surface area contributed by atoms with Gasteiger partial charge in [0.2, 0.25) is 5.24 Å². The maximum Gasteiger partial charge on any atom is 0.243 e. The summed E-state index contributed by atoms with van der Waals surface area (Å²) in [5, 5.41) is 2.35. The zero-order chi connectivity index (χ0) is 9.84. The average Bonchev–Trinajstić information content (AvgIpc) is 2.08. The van der Waals surface area contributed by atoms with Crippen molar-refractivity contribution in [1.82, 2.24) is 0 Å². The molecule has 0 saturated heterocycles. The lowest BCUT2D eigenvalue weighted by Gasteiger charge is -2.09. The smallest absolute Gasteiger partial charge is 0.243 e. The molecule has 1 atom stereocenters. The molecule has 0 saturated carbocycles. The molecule has 13 heavy (non-hydrogen) atoms. The summed E-state index contributed by atoms with van der Waals surface area (Å²) in [5.74, 6) is -0.310. The molecule has 0 aromatic heterocycles. The number of carbonyl (C=O) groups excluding carboxylic acids is 1. The molecular weight excluding hydrogens is 193 g/mol. The van der Waals surface area contributed by atoms with Gasteiger partial charge in [0.25, 0.3) is 0 Å². The van der Waals surface area contributed by atoms with E-state index in [-0.39, 0.29) is 5.82 Å². The van der Waals surface area contributed by atoms with Gasteiger partial charge in [-0.25, -0.2) is 4.39 Å². The van der Waals surface area contributed by atoms with Crippen LogP contribution >= 0.6 is 11.6 Å². The summed E-state index contributed by atoms with van der Waals surface area (Å²) in [5.41, 5.74) is 0.669. The largest absolute Gasteiger partial charge is 0.374 e. The summed E-state index contributed by atoms with van der Waals surface area (Å²) < 4.78 is 12.5. The van der Waals surface area contributed by atoms with Crippen molar-refractivity contribution in [1.29, 1.82) is 0 Å². The van der Waals surface area contributed by atoms with Crippen molar-refractivity contribution in [2.24, 2.45) is 0 Å². The molecule has 4 heteroatoms. The van der Waals surface area contributed by atoms with Crippen LogP contribution in [0.25, 0.3) is 0 Å². The second-order valence-corrected chi connectivity index (χ2v) is 3.05. The molecule has 0 amide bonds. The van der Waals surface area contributed by atoms with E-state index in [0.29, 0.717) is 5.69 Å². The van der Waals surface area contributed by atoms with E-state index in [1.165, 1.54) is 12.1 Å². The Bertz CT molecular complexity index is 299. The predicted octanol–water partition coefficient (Wildman–Crippen LogP) is 2.39.